The maximum atomic E-state index is 13.0. The molecule has 0 aromatic heterocycles. The molecule has 0 radical (unpaired) electrons. The summed E-state index contributed by atoms with van der Waals surface area (Å²) in [6, 6.07) is 11.9. The summed E-state index contributed by atoms with van der Waals surface area (Å²) in [6.45, 7) is 2.49. The van der Waals surface area contributed by atoms with Gasteiger partial charge in [-0.15, -0.1) is 0 Å². The second kappa shape index (κ2) is 9.93. The van der Waals surface area contributed by atoms with Crippen molar-refractivity contribution in [3.63, 3.8) is 0 Å². The van der Waals surface area contributed by atoms with Crippen LogP contribution in [0.15, 0.2) is 42.5 Å². The van der Waals surface area contributed by atoms with E-state index in [2.05, 4.69) is 10.6 Å². The molecule has 2 N–H and O–H groups in total. The Labute approximate surface area is 184 Å². The van der Waals surface area contributed by atoms with Crippen LogP contribution in [0.5, 0.6) is 0 Å². The fraction of sp³-hybridized carbons (Fsp3) is 0.286. The quantitative estimate of drug-likeness (QED) is 0.677. The maximum absolute atomic E-state index is 13.0. The molecule has 0 unspecified atom stereocenters. The molecule has 0 fully saturated rings. The fourth-order valence-electron chi connectivity index (χ4n) is 3.25. The fourth-order valence-corrected chi connectivity index (χ4v) is 3.70. The topological polar surface area (TPSA) is 81.8 Å². The number of benzene rings is 2. The van der Waals surface area contributed by atoms with Gasteiger partial charge in [-0.2, -0.15) is 0 Å². The number of carbonyl (C=O) groups excluding carboxylic acids is 3. The third-order valence-electron chi connectivity index (χ3n) is 4.54. The smallest absolute Gasteiger partial charge is 0.244 e. The highest BCUT2D eigenvalue weighted by Crippen LogP contribution is 2.29. The van der Waals surface area contributed by atoms with Crippen molar-refractivity contribution in [2.45, 2.75) is 13.3 Å². The number of hydrogen-bond acceptors (Lipinski definition) is 4. The van der Waals surface area contributed by atoms with E-state index in [1.165, 1.54) is 4.90 Å². The molecule has 0 atom stereocenters. The predicted octanol–water partition coefficient (Wildman–Crippen LogP) is 3.63. The molecule has 2 aromatic carbocycles. The largest absolute Gasteiger partial charge is 0.324 e. The number of carbonyl (C=O) groups is 3. The van der Waals surface area contributed by atoms with Crippen LogP contribution in [0.3, 0.4) is 0 Å². The molecule has 0 bridgehead atoms. The van der Waals surface area contributed by atoms with Gasteiger partial charge < -0.3 is 10.6 Å². The molecule has 0 saturated heterocycles. The Balaban J connectivity index is 1.67. The van der Waals surface area contributed by atoms with Crippen molar-refractivity contribution in [1.82, 2.24) is 4.90 Å². The SMILES string of the molecule is CCCN(CC(=O)Nc1ccc(Cl)cc1Cl)CC(=O)N1CC(=O)Nc2ccccc21. The lowest BCUT2D eigenvalue weighted by molar-refractivity contribution is -0.123. The zero-order valence-corrected chi connectivity index (χ0v) is 18.0. The molecule has 7 nitrogen and oxygen atoms in total. The number of amides is 3. The van der Waals surface area contributed by atoms with Crippen molar-refractivity contribution in [1.29, 1.82) is 0 Å². The van der Waals surface area contributed by atoms with E-state index in [0.29, 0.717) is 33.7 Å². The van der Waals surface area contributed by atoms with E-state index in [1.807, 2.05) is 13.0 Å². The Morgan fingerprint density at radius 2 is 1.93 bits per heavy atom. The van der Waals surface area contributed by atoms with E-state index in [-0.39, 0.29) is 37.4 Å². The highest BCUT2D eigenvalue weighted by molar-refractivity contribution is 6.36. The van der Waals surface area contributed by atoms with E-state index in [0.717, 1.165) is 6.42 Å². The summed E-state index contributed by atoms with van der Waals surface area (Å²) in [7, 11) is 0. The predicted molar refractivity (Wildman–Crippen MR) is 119 cm³/mol. The molecular formula is C21H22Cl2N4O3. The van der Waals surface area contributed by atoms with Crippen molar-refractivity contribution >= 4 is 58.0 Å². The van der Waals surface area contributed by atoms with Crippen LogP contribution in [0.2, 0.25) is 10.0 Å². The first-order valence-corrected chi connectivity index (χ1v) is 10.3. The molecule has 0 spiro atoms. The van der Waals surface area contributed by atoms with Crippen LogP contribution in [-0.2, 0) is 14.4 Å². The molecule has 0 aliphatic carbocycles. The number of para-hydroxylation sites is 2. The van der Waals surface area contributed by atoms with E-state index in [9.17, 15) is 14.4 Å². The minimum atomic E-state index is -0.294. The highest BCUT2D eigenvalue weighted by atomic mass is 35.5. The van der Waals surface area contributed by atoms with Gasteiger partial charge in [-0.25, -0.2) is 0 Å². The van der Waals surface area contributed by atoms with Crippen LogP contribution in [-0.4, -0.2) is 48.8 Å². The Kier molecular flexibility index (Phi) is 7.31. The number of rotatable bonds is 7. The van der Waals surface area contributed by atoms with Crippen LogP contribution in [0.4, 0.5) is 17.1 Å². The van der Waals surface area contributed by atoms with E-state index in [1.54, 1.807) is 41.3 Å². The average Bonchev–Trinajstić information content (AvgIpc) is 2.69. The Bertz CT molecular complexity index is 967. The van der Waals surface area contributed by atoms with E-state index in [4.69, 9.17) is 23.2 Å². The summed E-state index contributed by atoms with van der Waals surface area (Å²) < 4.78 is 0. The van der Waals surface area contributed by atoms with Gasteiger partial charge in [-0.1, -0.05) is 42.3 Å². The van der Waals surface area contributed by atoms with Gasteiger partial charge in [-0.3, -0.25) is 24.2 Å². The van der Waals surface area contributed by atoms with Crippen LogP contribution in [0.1, 0.15) is 13.3 Å². The minimum absolute atomic E-state index is 0.0111. The molecule has 3 amide bonds. The summed E-state index contributed by atoms with van der Waals surface area (Å²) in [5.41, 5.74) is 1.70. The van der Waals surface area contributed by atoms with Crippen molar-refractivity contribution in [3.05, 3.63) is 52.5 Å². The minimum Gasteiger partial charge on any atom is -0.324 e. The number of halogens is 2. The lowest BCUT2D eigenvalue weighted by Crippen LogP contribution is -2.48. The van der Waals surface area contributed by atoms with Crippen molar-refractivity contribution in [2.24, 2.45) is 0 Å². The molecule has 1 aliphatic rings. The zero-order valence-electron chi connectivity index (χ0n) is 16.5. The average molecular weight is 449 g/mol. The standard InChI is InChI=1S/C21H22Cl2N4O3/c1-2-9-26(11-19(28)24-16-8-7-14(22)10-15(16)23)13-21(30)27-12-20(29)25-17-5-3-4-6-18(17)27/h3-8,10H,2,9,11-13H2,1H3,(H,24,28)(H,25,29). The second-order valence-corrected chi connectivity index (χ2v) is 7.77. The van der Waals surface area contributed by atoms with Gasteiger partial charge in [-0.05, 0) is 43.3 Å². The van der Waals surface area contributed by atoms with Gasteiger partial charge in [0.2, 0.25) is 17.7 Å². The third kappa shape index (κ3) is 5.50. The van der Waals surface area contributed by atoms with Crippen LogP contribution in [0, 0.1) is 0 Å². The summed E-state index contributed by atoms with van der Waals surface area (Å²) in [5.74, 6) is -0.792. The normalized spacial score (nSPS) is 13.1. The van der Waals surface area contributed by atoms with Gasteiger partial charge in [0, 0.05) is 5.02 Å². The first-order chi connectivity index (χ1) is 14.4. The number of hydrogen-bond donors (Lipinski definition) is 2. The lowest BCUT2D eigenvalue weighted by Gasteiger charge is -2.31. The summed E-state index contributed by atoms with van der Waals surface area (Å²) in [6.07, 6.45) is 0.763. The molecular weight excluding hydrogens is 427 g/mol. The maximum Gasteiger partial charge on any atom is 0.244 e. The molecule has 0 saturated carbocycles. The summed E-state index contributed by atoms with van der Waals surface area (Å²) >= 11 is 12.0. The van der Waals surface area contributed by atoms with Crippen LogP contribution < -0.4 is 15.5 Å². The molecule has 158 valence electrons. The van der Waals surface area contributed by atoms with Gasteiger partial charge in [0.15, 0.2) is 0 Å². The molecule has 2 aromatic rings. The molecule has 1 aliphatic heterocycles. The lowest BCUT2D eigenvalue weighted by atomic mass is 10.2. The third-order valence-corrected chi connectivity index (χ3v) is 5.09. The summed E-state index contributed by atoms with van der Waals surface area (Å²) in [5, 5.41) is 6.31. The van der Waals surface area contributed by atoms with E-state index >= 15 is 0 Å². The van der Waals surface area contributed by atoms with Gasteiger partial charge in [0.25, 0.3) is 0 Å². The zero-order chi connectivity index (χ0) is 21.7. The number of nitrogens with zero attached hydrogens (tertiary/aromatic N) is 2. The first kappa shape index (κ1) is 22.1. The number of anilines is 3. The molecule has 1 heterocycles. The van der Waals surface area contributed by atoms with Crippen LogP contribution in [0.25, 0.3) is 0 Å². The first-order valence-electron chi connectivity index (χ1n) is 9.54. The Morgan fingerprint density at radius 3 is 2.67 bits per heavy atom. The van der Waals surface area contributed by atoms with Crippen molar-refractivity contribution < 1.29 is 14.4 Å². The Morgan fingerprint density at radius 1 is 1.17 bits per heavy atom. The van der Waals surface area contributed by atoms with Crippen molar-refractivity contribution in [2.75, 3.05) is 41.7 Å². The molecule has 9 heteroatoms. The van der Waals surface area contributed by atoms with Crippen LogP contribution >= 0.6 is 23.2 Å². The monoisotopic (exact) mass is 448 g/mol. The Hall–Kier alpha value is -2.61. The number of fused-ring (bicyclic) bond motifs is 1. The van der Waals surface area contributed by atoms with Gasteiger partial charge in [0.05, 0.1) is 35.2 Å². The molecule has 3 rings (SSSR count). The van der Waals surface area contributed by atoms with Crippen molar-refractivity contribution in [3.8, 4) is 0 Å². The number of nitrogens with one attached hydrogen (secondary N) is 2. The second-order valence-electron chi connectivity index (χ2n) is 6.93. The van der Waals surface area contributed by atoms with Gasteiger partial charge >= 0.3 is 0 Å². The van der Waals surface area contributed by atoms with E-state index < -0.39 is 0 Å². The highest BCUT2D eigenvalue weighted by Gasteiger charge is 2.28. The van der Waals surface area contributed by atoms with Gasteiger partial charge in [0.1, 0.15) is 6.54 Å². The summed E-state index contributed by atoms with van der Waals surface area (Å²) in [4.78, 5) is 40.6. The molecule has 30 heavy (non-hydrogen) atoms.